The topological polar surface area (TPSA) is 77.0 Å². The molecule has 20 heavy (non-hydrogen) atoms. The van der Waals surface area contributed by atoms with Gasteiger partial charge in [0.25, 0.3) is 0 Å². The first-order chi connectivity index (χ1) is 9.62. The lowest BCUT2D eigenvalue weighted by molar-refractivity contribution is 0.274. The summed E-state index contributed by atoms with van der Waals surface area (Å²) in [6.07, 6.45) is 2.00. The van der Waals surface area contributed by atoms with Crippen molar-refractivity contribution in [1.82, 2.24) is 20.2 Å². The molecule has 0 bridgehead atoms. The first-order valence-electron chi connectivity index (χ1n) is 7.07. The molecule has 0 aliphatic heterocycles. The molecule has 0 aromatic carbocycles. The monoisotopic (exact) mass is 278 g/mol. The zero-order valence-corrected chi connectivity index (χ0v) is 12.6. The lowest BCUT2D eigenvalue weighted by atomic mass is 9.97. The van der Waals surface area contributed by atoms with Gasteiger partial charge in [-0.1, -0.05) is 24.2 Å². The van der Waals surface area contributed by atoms with Crippen LogP contribution < -0.4 is 0 Å². The molecular weight excluding hydrogens is 256 g/mol. The molecule has 110 valence electrons. The van der Waals surface area contributed by atoms with E-state index in [0.29, 0.717) is 18.2 Å². The zero-order chi connectivity index (χ0) is 14.7. The lowest BCUT2D eigenvalue weighted by Crippen LogP contribution is -2.12. The molecule has 0 aliphatic rings. The fourth-order valence-electron chi connectivity index (χ4n) is 2.58. The second kappa shape index (κ2) is 6.17. The van der Waals surface area contributed by atoms with Gasteiger partial charge in [-0.15, -0.1) is 5.10 Å². The van der Waals surface area contributed by atoms with E-state index in [1.807, 2.05) is 18.5 Å². The molecule has 0 atom stereocenters. The summed E-state index contributed by atoms with van der Waals surface area (Å²) in [6.45, 7) is 8.61. The van der Waals surface area contributed by atoms with Crippen molar-refractivity contribution in [2.24, 2.45) is 0 Å². The van der Waals surface area contributed by atoms with Gasteiger partial charge in [0.2, 0.25) is 0 Å². The Morgan fingerprint density at radius 1 is 1.25 bits per heavy atom. The molecule has 6 heteroatoms. The van der Waals surface area contributed by atoms with Gasteiger partial charge in [0.1, 0.15) is 11.5 Å². The van der Waals surface area contributed by atoms with Gasteiger partial charge in [0.15, 0.2) is 0 Å². The fourth-order valence-corrected chi connectivity index (χ4v) is 2.58. The Morgan fingerprint density at radius 3 is 2.45 bits per heavy atom. The van der Waals surface area contributed by atoms with Gasteiger partial charge in [-0.05, 0) is 26.7 Å². The van der Waals surface area contributed by atoms with E-state index in [-0.39, 0.29) is 6.61 Å². The number of aryl methyl sites for hydroxylation is 2. The van der Waals surface area contributed by atoms with Gasteiger partial charge in [-0.25, -0.2) is 4.68 Å². The van der Waals surface area contributed by atoms with E-state index in [4.69, 9.17) is 4.52 Å². The van der Waals surface area contributed by atoms with E-state index >= 15 is 0 Å². The van der Waals surface area contributed by atoms with Crippen LogP contribution in [0.4, 0.5) is 0 Å². The zero-order valence-electron chi connectivity index (χ0n) is 12.6. The highest BCUT2D eigenvalue weighted by Crippen LogP contribution is 2.26. The Balaban J connectivity index is 2.39. The number of aliphatic hydroxyl groups is 1. The first kappa shape index (κ1) is 14.7. The fraction of sp³-hybridized carbons (Fsp3) is 0.643. The molecule has 0 fully saturated rings. The van der Waals surface area contributed by atoms with Gasteiger partial charge in [-0.2, -0.15) is 0 Å². The minimum atomic E-state index is -0.0760. The van der Waals surface area contributed by atoms with E-state index in [1.165, 1.54) is 0 Å². The number of rotatable bonds is 6. The van der Waals surface area contributed by atoms with Gasteiger partial charge in [-0.3, -0.25) is 0 Å². The Hall–Kier alpha value is -1.69. The van der Waals surface area contributed by atoms with Gasteiger partial charge < -0.3 is 9.63 Å². The van der Waals surface area contributed by atoms with Crippen molar-refractivity contribution < 1.29 is 9.63 Å². The molecule has 2 aromatic heterocycles. The van der Waals surface area contributed by atoms with Crippen LogP contribution in [0.5, 0.6) is 0 Å². The summed E-state index contributed by atoms with van der Waals surface area (Å²) in [7, 11) is 0. The third-order valence-electron chi connectivity index (χ3n) is 3.86. The molecule has 0 aliphatic carbocycles. The molecule has 0 amide bonds. The van der Waals surface area contributed by atoms with Gasteiger partial charge >= 0.3 is 0 Å². The Labute approximate surface area is 118 Å². The number of aliphatic hydroxyl groups excluding tert-OH is 1. The van der Waals surface area contributed by atoms with E-state index in [2.05, 4.69) is 29.3 Å². The SMILES string of the molecule is CCC(CC)c1c(CO)nnn1Cc1c(C)noc1C. The normalized spacial score (nSPS) is 11.5. The maximum Gasteiger partial charge on any atom is 0.138 e. The molecule has 0 spiro atoms. The number of aromatic nitrogens is 4. The molecule has 6 nitrogen and oxygen atoms in total. The van der Waals surface area contributed by atoms with Crippen LogP contribution in [0.25, 0.3) is 0 Å². The van der Waals surface area contributed by atoms with Crippen molar-refractivity contribution in [3.8, 4) is 0 Å². The van der Waals surface area contributed by atoms with E-state index < -0.39 is 0 Å². The second-order valence-electron chi connectivity index (χ2n) is 5.05. The van der Waals surface area contributed by atoms with Gasteiger partial charge in [0.05, 0.1) is 24.5 Å². The van der Waals surface area contributed by atoms with Crippen LogP contribution in [0.1, 0.15) is 61.0 Å². The van der Waals surface area contributed by atoms with E-state index in [1.54, 1.807) is 0 Å². The summed E-state index contributed by atoms with van der Waals surface area (Å²) < 4.78 is 7.06. The number of hydrogen-bond donors (Lipinski definition) is 1. The van der Waals surface area contributed by atoms with Crippen LogP contribution in [0.3, 0.4) is 0 Å². The quantitative estimate of drug-likeness (QED) is 0.877. The molecule has 2 heterocycles. The average Bonchev–Trinajstić information content (AvgIpc) is 2.99. The minimum Gasteiger partial charge on any atom is -0.390 e. The second-order valence-corrected chi connectivity index (χ2v) is 5.05. The predicted molar refractivity (Wildman–Crippen MR) is 74.3 cm³/mol. The molecule has 0 radical (unpaired) electrons. The van der Waals surface area contributed by atoms with Crippen molar-refractivity contribution in [1.29, 1.82) is 0 Å². The summed E-state index contributed by atoms with van der Waals surface area (Å²) in [4.78, 5) is 0. The summed E-state index contributed by atoms with van der Waals surface area (Å²) in [5, 5.41) is 21.7. The summed E-state index contributed by atoms with van der Waals surface area (Å²) in [5.74, 6) is 1.16. The standard InChI is InChI=1S/C14H22N4O2/c1-5-11(6-2)14-13(8-19)15-17-18(14)7-12-9(3)16-20-10(12)4/h11,19H,5-8H2,1-4H3. The summed E-state index contributed by atoms with van der Waals surface area (Å²) >= 11 is 0. The summed E-state index contributed by atoms with van der Waals surface area (Å²) in [6, 6.07) is 0. The molecule has 0 saturated carbocycles. The minimum absolute atomic E-state index is 0.0760. The van der Waals surface area contributed by atoms with Crippen LogP contribution in [0.15, 0.2) is 4.52 Å². The molecular formula is C14H22N4O2. The molecule has 2 rings (SSSR count). The smallest absolute Gasteiger partial charge is 0.138 e. The summed E-state index contributed by atoms with van der Waals surface area (Å²) in [5.41, 5.74) is 3.61. The predicted octanol–water partition coefficient (Wildman–Crippen LogP) is 2.33. The molecule has 2 aromatic rings. The van der Waals surface area contributed by atoms with Crippen molar-refractivity contribution in [3.05, 3.63) is 28.4 Å². The van der Waals surface area contributed by atoms with Crippen molar-refractivity contribution in [3.63, 3.8) is 0 Å². The van der Waals surface area contributed by atoms with Crippen LogP contribution in [0.2, 0.25) is 0 Å². The molecule has 0 saturated heterocycles. The lowest BCUT2D eigenvalue weighted by Gasteiger charge is -2.15. The third-order valence-corrected chi connectivity index (χ3v) is 3.86. The van der Waals surface area contributed by atoms with E-state index in [0.717, 1.165) is 35.6 Å². The Kier molecular flexibility index (Phi) is 4.54. The number of nitrogens with zero attached hydrogens (tertiary/aromatic N) is 4. The van der Waals surface area contributed by atoms with Crippen LogP contribution in [0, 0.1) is 13.8 Å². The van der Waals surface area contributed by atoms with Crippen LogP contribution >= 0.6 is 0 Å². The van der Waals surface area contributed by atoms with Crippen LogP contribution in [-0.2, 0) is 13.2 Å². The van der Waals surface area contributed by atoms with Crippen LogP contribution in [-0.4, -0.2) is 25.3 Å². The highest BCUT2D eigenvalue weighted by Gasteiger charge is 2.21. The third kappa shape index (κ3) is 2.60. The van der Waals surface area contributed by atoms with Crippen molar-refractivity contribution in [2.75, 3.05) is 0 Å². The van der Waals surface area contributed by atoms with Crippen molar-refractivity contribution in [2.45, 2.75) is 59.6 Å². The van der Waals surface area contributed by atoms with Gasteiger partial charge in [0, 0.05) is 11.5 Å². The largest absolute Gasteiger partial charge is 0.390 e. The van der Waals surface area contributed by atoms with E-state index in [9.17, 15) is 5.11 Å². The highest BCUT2D eigenvalue weighted by atomic mass is 16.5. The van der Waals surface area contributed by atoms with Crippen molar-refractivity contribution >= 4 is 0 Å². The average molecular weight is 278 g/mol. The maximum atomic E-state index is 9.46. The maximum absolute atomic E-state index is 9.46. The first-order valence-corrected chi connectivity index (χ1v) is 7.07. The molecule has 0 unspecified atom stereocenters. The number of hydrogen-bond acceptors (Lipinski definition) is 5. The highest BCUT2D eigenvalue weighted by molar-refractivity contribution is 5.23. The molecule has 1 N–H and O–H groups in total. The Morgan fingerprint density at radius 2 is 1.95 bits per heavy atom. The Bertz CT molecular complexity index is 550.